The largest absolute Gasteiger partial charge is 0.512 e. The molecule has 3 nitrogen and oxygen atoms in total. The van der Waals surface area contributed by atoms with Gasteiger partial charge in [-0.15, -0.1) is 35.9 Å². The van der Waals surface area contributed by atoms with Gasteiger partial charge >= 0.3 is 0 Å². The van der Waals surface area contributed by atoms with E-state index in [0.717, 1.165) is 16.8 Å². The first-order valence-electron chi connectivity index (χ1n) is 9.43. The van der Waals surface area contributed by atoms with E-state index in [-0.39, 0.29) is 31.6 Å². The molecule has 4 aromatic rings. The van der Waals surface area contributed by atoms with Crippen molar-refractivity contribution in [1.29, 1.82) is 0 Å². The fourth-order valence-electron chi connectivity index (χ4n) is 3.66. The Morgan fingerprint density at radius 3 is 2.17 bits per heavy atom. The van der Waals surface area contributed by atoms with Crippen molar-refractivity contribution < 1.29 is 30.0 Å². The molecular formula is C26H20IrNO2-. The van der Waals surface area contributed by atoms with Crippen LogP contribution < -0.4 is 0 Å². The Labute approximate surface area is 189 Å². The van der Waals surface area contributed by atoms with E-state index in [0.29, 0.717) is 0 Å². The molecule has 1 aromatic heterocycles. The fraction of sp³-hybridized carbons (Fsp3) is 0.0769. The molecule has 0 saturated carbocycles. The summed E-state index contributed by atoms with van der Waals surface area (Å²) >= 11 is 0. The number of nitrogens with zero attached hydrogens (tertiary/aromatic N) is 1. The molecule has 0 unspecified atom stereocenters. The third-order valence-corrected chi connectivity index (χ3v) is 4.74. The number of rotatable bonds is 2. The molecule has 0 aliphatic heterocycles. The Hall–Kier alpha value is -3.07. The summed E-state index contributed by atoms with van der Waals surface area (Å²) in [5, 5.41) is 9.63. The third kappa shape index (κ3) is 4.25. The van der Waals surface area contributed by atoms with Gasteiger partial charge in [0.15, 0.2) is 5.78 Å². The van der Waals surface area contributed by atoms with Crippen molar-refractivity contribution in [3.63, 3.8) is 0 Å². The van der Waals surface area contributed by atoms with Crippen molar-refractivity contribution in [2.75, 3.05) is 0 Å². The fourth-order valence-corrected chi connectivity index (χ4v) is 3.66. The van der Waals surface area contributed by atoms with Crippen molar-refractivity contribution in [3.8, 4) is 33.5 Å². The Morgan fingerprint density at radius 2 is 1.57 bits per heavy atom. The van der Waals surface area contributed by atoms with Crippen molar-refractivity contribution in [1.82, 2.24) is 4.98 Å². The summed E-state index contributed by atoms with van der Waals surface area (Å²) in [6, 6.07) is 28.5. The Morgan fingerprint density at radius 1 is 0.900 bits per heavy atom. The van der Waals surface area contributed by atoms with Gasteiger partial charge in [0.2, 0.25) is 0 Å². The second kappa shape index (κ2) is 9.17. The quantitative estimate of drug-likeness (QED) is 0.152. The molecule has 1 heterocycles. The van der Waals surface area contributed by atoms with Crippen LogP contribution in [0.1, 0.15) is 13.8 Å². The maximum absolute atomic E-state index is 10.0. The smallest absolute Gasteiger partial charge is 0.155 e. The van der Waals surface area contributed by atoms with Crippen LogP contribution in [0.25, 0.3) is 44.4 Å². The van der Waals surface area contributed by atoms with E-state index < -0.39 is 0 Å². The molecule has 0 amide bonds. The van der Waals surface area contributed by atoms with Gasteiger partial charge in [0.25, 0.3) is 0 Å². The van der Waals surface area contributed by atoms with Gasteiger partial charge in [-0.3, -0.25) is 9.78 Å². The third-order valence-electron chi connectivity index (χ3n) is 4.74. The summed E-state index contributed by atoms with van der Waals surface area (Å²) < 4.78 is 0. The summed E-state index contributed by atoms with van der Waals surface area (Å²) in [7, 11) is 0. The molecule has 1 N–H and O–H groups in total. The molecule has 1 aliphatic rings. The van der Waals surface area contributed by atoms with Crippen LogP contribution in [-0.2, 0) is 24.9 Å². The molecule has 3 aromatic carbocycles. The summed E-state index contributed by atoms with van der Waals surface area (Å²) in [6.45, 7) is 2.85. The van der Waals surface area contributed by atoms with Crippen LogP contribution in [0.5, 0.6) is 0 Å². The van der Waals surface area contributed by atoms with Crippen LogP contribution in [0.3, 0.4) is 0 Å². The summed E-state index contributed by atoms with van der Waals surface area (Å²) in [4.78, 5) is 14.9. The van der Waals surface area contributed by atoms with Crippen molar-refractivity contribution in [3.05, 3.63) is 90.7 Å². The van der Waals surface area contributed by atoms with Gasteiger partial charge in [-0.2, -0.15) is 0 Å². The predicted octanol–water partition coefficient (Wildman–Crippen LogP) is 6.38. The maximum Gasteiger partial charge on any atom is 0.155 e. The number of aliphatic hydroxyl groups excluding tert-OH is 1. The molecule has 1 radical (unpaired) electrons. The number of benzene rings is 3. The van der Waals surface area contributed by atoms with E-state index in [2.05, 4.69) is 60.7 Å². The zero-order valence-electron chi connectivity index (χ0n) is 16.6. The number of carbonyl (C=O) groups is 1. The minimum Gasteiger partial charge on any atom is -0.512 e. The molecule has 0 spiro atoms. The molecule has 30 heavy (non-hydrogen) atoms. The number of pyridine rings is 1. The molecule has 5 rings (SSSR count). The minimum atomic E-state index is -0.125. The van der Waals surface area contributed by atoms with E-state index in [4.69, 9.17) is 10.1 Å². The van der Waals surface area contributed by atoms with Gasteiger partial charge in [-0.05, 0) is 47.9 Å². The normalized spacial score (nSPS) is 11.2. The van der Waals surface area contributed by atoms with Crippen LogP contribution in [0.15, 0.2) is 84.6 Å². The van der Waals surface area contributed by atoms with E-state index in [9.17, 15) is 4.79 Å². The molecule has 0 bridgehead atoms. The number of fused-ring (bicyclic) bond motifs is 3. The second-order valence-corrected chi connectivity index (χ2v) is 6.97. The van der Waals surface area contributed by atoms with Crippen LogP contribution in [0.4, 0.5) is 0 Å². The topological polar surface area (TPSA) is 50.2 Å². The first kappa shape index (κ1) is 21.6. The molecular weight excluding hydrogens is 551 g/mol. The van der Waals surface area contributed by atoms with Crippen molar-refractivity contribution >= 4 is 16.7 Å². The van der Waals surface area contributed by atoms with E-state index in [1.54, 1.807) is 0 Å². The van der Waals surface area contributed by atoms with E-state index >= 15 is 0 Å². The van der Waals surface area contributed by atoms with Crippen LogP contribution in [0, 0.1) is 6.07 Å². The van der Waals surface area contributed by atoms with Gasteiger partial charge in [0.05, 0.1) is 11.3 Å². The minimum absolute atomic E-state index is 0. The van der Waals surface area contributed by atoms with Gasteiger partial charge in [0.1, 0.15) is 0 Å². The van der Waals surface area contributed by atoms with Crippen molar-refractivity contribution in [2.45, 2.75) is 13.8 Å². The van der Waals surface area contributed by atoms with Crippen LogP contribution in [0.2, 0.25) is 0 Å². The molecule has 1 aliphatic carbocycles. The summed E-state index contributed by atoms with van der Waals surface area (Å²) in [5.74, 6) is -0.0625. The first-order valence-corrected chi connectivity index (χ1v) is 9.43. The first-order chi connectivity index (χ1) is 14.0. The Kier molecular flexibility index (Phi) is 6.61. The monoisotopic (exact) mass is 571 g/mol. The predicted molar refractivity (Wildman–Crippen MR) is 118 cm³/mol. The SMILES string of the molecule is CC(=O)C=C(C)O.[Ir].[c-]1ccccc1-c1cc2c3c(cccc3n1)-c1ccccc1-2. The van der Waals surface area contributed by atoms with E-state index in [1.807, 2.05) is 18.2 Å². The molecule has 4 heteroatoms. The zero-order valence-corrected chi connectivity index (χ0v) is 19.0. The number of aliphatic hydroxyl groups is 1. The number of allylic oxidation sites excluding steroid dienone is 2. The molecule has 151 valence electrons. The summed E-state index contributed by atoms with van der Waals surface area (Å²) in [5.41, 5.74) is 8.25. The van der Waals surface area contributed by atoms with E-state index in [1.165, 1.54) is 47.6 Å². The Balaban J connectivity index is 0.000000281. The van der Waals surface area contributed by atoms with Gasteiger partial charge in [0, 0.05) is 31.6 Å². The van der Waals surface area contributed by atoms with Crippen LogP contribution >= 0.6 is 0 Å². The van der Waals surface area contributed by atoms with Gasteiger partial charge in [-0.1, -0.05) is 42.5 Å². The number of aromatic nitrogens is 1. The number of carbonyl (C=O) groups excluding carboxylic acids is 1. The Bertz CT molecular complexity index is 1240. The summed E-state index contributed by atoms with van der Waals surface area (Å²) in [6.07, 6.45) is 1.17. The molecule has 0 atom stereocenters. The van der Waals surface area contributed by atoms with Crippen molar-refractivity contribution in [2.24, 2.45) is 0 Å². The molecule has 0 fully saturated rings. The molecule has 0 saturated heterocycles. The van der Waals surface area contributed by atoms with Gasteiger partial charge < -0.3 is 5.11 Å². The number of hydrogen-bond donors (Lipinski definition) is 1. The average Bonchev–Trinajstić information content (AvgIpc) is 3.04. The number of ketones is 1. The standard InChI is InChI=1S/C21H12N.C5H8O2.Ir/c1-2-7-14(8-3-1)20-13-18-16-10-5-4-9-15(16)17-11-6-12-19(22-20)21(17)18;1-4(6)3-5(2)7;/h1-7,9-13H;3,6H,1-2H3;/q-1;;. The van der Waals surface area contributed by atoms with Crippen LogP contribution in [-0.4, -0.2) is 15.9 Å². The van der Waals surface area contributed by atoms with Gasteiger partial charge in [-0.25, -0.2) is 0 Å². The second-order valence-electron chi connectivity index (χ2n) is 6.97. The zero-order chi connectivity index (χ0) is 20.4. The number of hydrogen-bond acceptors (Lipinski definition) is 3. The maximum atomic E-state index is 10.0. The average molecular weight is 571 g/mol.